The van der Waals surface area contributed by atoms with E-state index in [-0.39, 0.29) is 18.2 Å². The third kappa shape index (κ3) is 2.97. The molecule has 0 saturated carbocycles. The first-order chi connectivity index (χ1) is 7.47. The van der Waals surface area contributed by atoms with Crippen LogP contribution in [0.4, 0.5) is 0 Å². The Bertz CT molecular complexity index is 338. The van der Waals surface area contributed by atoms with Gasteiger partial charge in [-0.05, 0) is 27.2 Å². The van der Waals surface area contributed by atoms with Gasteiger partial charge < -0.3 is 10.5 Å². The molecule has 92 valence electrons. The lowest BCUT2D eigenvalue weighted by Crippen LogP contribution is -2.22. The fourth-order valence-electron chi connectivity index (χ4n) is 1.67. The highest BCUT2D eigenvalue weighted by Gasteiger charge is 2.20. The van der Waals surface area contributed by atoms with E-state index in [0.29, 0.717) is 5.02 Å². The van der Waals surface area contributed by atoms with Crippen molar-refractivity contribution in [2.75, 3.05) is 7.11 Å². The van der Waals surface area contributed by atoms with Gasteiger partial charge in [0.05, 0.1) is 29.1 Å². The van der Waals surface area contributed by atoms with Gasteiger partial charge in [0.25, 0.3) is 0 Å². The Morgan fingerprint density at radius 1 is 1.50 bits per heavy atom. The van der Waals surface area contributed by atoms with Gasteiger partial charge in [0.15, 0.2) is 0 Å². The van der Waals surface area contributed by atoms with Crippen molar-refractivity contribution >= 4 is 11.6 Å². The molecule has 0 fully saturated rings. The molecule has 0 amide bonds. The predicted molar refractivity (Wildman–Crippen MR) is 65.6 cm³/mol. The van der Waals surface area contributed by atoms with Crippen molar-refractivity contribution in [2.45, 2.75) is 45.4 Å². The molecule has 5 heteroatoms. The quantitative estimate of drug-likeness (QED) is 0.868. The molecule has 2 N–H and O–H groups in total. The first kappa shape index (κ1) is 13.5. The molecule has 16 heavy (non-hydrogen) atoms. The van der Waals surface area contributed by atoms with E-state index in [0.717, 1.165) is 12.1 Å². The van der Waals surface area contributed by atoms with Gasteiger partial charge in [-0.2, -0.15) is 5.10 Å². The van der Waals surface area contributed by atoms with Crippen LogP contribution in [-0.2, 0) is 4.74 Å². The number of nitrogens with zero attached hydrogens (tertiary/aromatic N) is 2. The van der Waals surface area contributed by atoms with Crippen LogP contribution in [0.2, 0.25) is 5.02 Å². The molecule has 0 aromatic carbocycles. The summed E-state index contributed by atoms with van der Waals surface area (Å²) in [5.74, 6) is 0. The minimum absolute atomic E-state index is 0.113. The third-order valence-electron chi connectivity index (χ3n) is 2.62. The summed E-state index contributed by atoms with van der Waals surface area (Å²) >= 11 is 6.11. The molecule has 0 spiro atoms. The number of ether oxygens (including phenoxy) is 1. The first-order valence-electron chi connectivity index (χ1n) is 5.48. The van der Waals surface area contributed by atoms with E-state index in [1.165, 1.54) is 0 Å². The van der Waals surface area contributed by atoms with Crippen LogP contribution in [0.25, 0.3) is 0 Å². The van der Waals surface area contributed by atoms with Crippen LogP contribution in [0.15, 0.2) is 6.20 Å². The van der Waals surface area contributed by atoms with Crippen molar-refractivity contribution in [3.63, 3.8) is 0 Å². The van der Waals surface area contributed by atoms with Crippen LogP contribution >= 0.6 is 11.6 Å². The Morgan fingerprint density at radius 2 is 2.12 bits per heavy atom. The van der Waals surface area contributed by atoms with Gasteiger partial charge in [0, 0.05) is 13.2 Å². The number of hydrogen-bond acceptors (Lipinski definition) is 3. The zero-order chi connectivity index (χ0) is 12.3. The maximum absolute atomic E-state index is 6.13. The second-order valence-corrected chi connectivity index (χ2v) is 4.71. The third-order valence-corrected chi connectivity index (χ3v) is 2.91. The van der Waals surface area contributed by atoms with Crippen molar-refractivity contribution in [1.82, 2.24) is 9.78 Å². The van der Waals surface area contributed by atoms with Crippen LogP contribution < -0.4 is 5.73 Å². The van der Waals surface area contributed by atoms with E-state index in [9.17, 15) is 0 Å². The number of halogens is 1. The molecule has 4 nitrogen and oxygen atoms in total. The van der Waals surface area contributed by atoms with Gasteiger partial charge >= 0.3 is 0 Å². The molecule has 0 saturated heterocycles. The van der Waals surface area contributed by atoms with Crippen LogP contribution in [-0.4, -0.2) is 23.0 Å². The number of methoxy groups -OCH3 is 1. The van der Waals surface area contributed by atoms with E-state index in [1.807, 2.05) is 11.6 Å². The maximum atomic E-state index is 6.13. The van der Waals surface area contributed by atoms with Crippen molar-refractivity contribution in [2.24, 2.45) is 5.73 Å². The monoisotopic (exact) mass is 245 g/mol. The van der Waals surface area contributed by atoms with Gasteiger partial charge in [-0.15, -0.1) is 0 Å². The lowest BCUT2D eigenvalue weighted by molar-refractivity contribution is 0.103. The van der Waals surface area contributed by atoms with E-state index in [4.69, 9.17) is 22.1 Å². The van der Waals surface area contributed by atoms with Crippen LogP contribution in [0.5, 0.6) is 0 Å². The lowest BCUT2D eigenvalue weighted by atomic mass is 10.1. The fourth-order valence-corrected chi connectivity index (χ4v) is 1.95. The van der Waals surface area contributed by atoms with Crippen molar-refractivity contribution in [3.8, 4) is 0 Å². The molecule has 0 aliphatic rings. The van der Waals surface area contributed by atoms with Crippen molar-refractivity contribution in [1.29, 1.82) is 0 Å². The van der Waals surface area contributed by atoms with Crippen LogP contribution in [0, 0.1) is 0 Å². The zero-order valence-electron chi connectivity index (χ0n) is 10.3. The van der Waals surface area contributed by atoms with Gasteiger partial charge in [-0.25, -0.2) is 0 Å². The second kappa shape index (κ2) is 5.66. The largest absolute Gasteiger partial charge is 0.382 e. The summed E-state index contributed by atoms with van der Waals surface area (Å²) in [6, 6.07) is 0.110. The molecule has 0 bridgehead atoms. The van der Waals surface area contributed by atoms with Crippen molar-refractivity contribution in [3.05, 3.63) is 16.9 Å². The second-order valence-electron chi connectivity index (χ2n) is 4.30. The topological polar surface area (TPSA) is 53.1 Å². The van der Waals surface area contributed by atoms with E-state index in [2.05, 4.69) is 18.9 Å². The summed E-state index contributed by atoms with van der Waals surface area (Å²) in [4.78, 5) is 0. The summed E-state index contributed by atoms with van der Waals surface area (Å²) in [5.41, 5.74) is 7.02. The molecular formula is C11H20ClN3O. The fraction of sp³-hybridized carbons (Fsp3) is 0.727. The number of nitrogens with two attached hydrogens (primary N) is 1. The first-order valence-corrected chi connectivity index (χ1v) is 5.86. The molecule has 0 radical (unpaired) electrons. The summed E-state index contributed by atoms with van der Waals surface area (Å²) in [6.07, 6.45) is 2.49. The normalized spacial score (nSPS) is 15.4. The molecule has 2 atom stereocenters. The Hall–Kier alpha value is -0.580. The zero-order valence-corrected chi connectivity index (χ0v) is 11.0. The summed E-state index contributed by atoms with van der Waals surface area (Å²) in [5, 5.41) is 4.86. The average molecular weight is 246 g/mol. The molecule has 2 unspecified atom stereocenters. The summed E-state index contributed by atoms with van der Waals surface area (Å²) < 4.78 is 7.08. The highest BCUT2D eigenvalue weighted by Crippen LogP contribution is 2.27. The number of rotatable bonds is 5. The molecule has 1 rings (SSSR count). The molecule has 1 heterocycles. The van der Waals surface area contributed by atoms with Crippen LogP contribution in [0.1, 0.15) is 45.0 Å². The predicted octanol–water partition coefficient (Wildman–Crippen LogP) is 2.54. The van der Waals surface area contributed by atoms with Crippen molar-refractivity contribution < 1.29 is 4.74 Å². The van der Waals surface area contributed by atoms with E-state index < -0.39 is 0 Å². The van der Waals surface area contributed by atoms with Gasteiger partial charge in [0.1, 0.15) is 0 Å². The number of aromatic nitrogens is 2. The molecule has 0 aliphatic heterocycles. The highest BCUT2D eigenvalue weighted by molar-refractivity contribution is 6.31. The standard InChI is InChI=1S/C11H20ClN3O/c1-7(2)15-11(9(12)6-14-15)10(13)5-8(3)16-4/h6-8,10H,5,13H2,1-4H3. The minimum atomic E-state index is -0.146. The molecule has 1 aromatic rings. The SMILES string of the molecule is COC(C)CC(N)c1c(Cl)cnn1C(C)C. The lowest BCUT2D eigenvalue weighted by Gasteiger charge is -2.19. The average Bonchev–Trinajstić information content (AvgIpc) is 2.59. The van der Waals surface area contributed by atoms with Gasteiger partial charge in [-0.1, -0.05) is 11.6 Å². The molecule has 0 aliphatic carbocycles. The minimum Gasteiger partial charge on any atom is -0.382 e. The number of hydrogen-bond donors (Lipinski definition) is 1. The van der Waals surface area contributed by atoms with Gasteiger partial charge in [0.2, 0.25) is 0 Å². The Labute approximate surface area is 102 Å². The molecule has 1 aromatic heterocycles. The smallest absolute Gasteiger partial charge is 0.0834 e. The Kier molecular flexibility index (Phi) is 4.77. The molecular weight excluding hydrogens is 226 g/mol. The summed E-state index contributed by atoms with van der Waals surface area (Å²) in [7, 11) is 1.68. The Balaban J connectivity index is 2.89. The van der Waals surface area contributed by atoms with E-state index in [1.54, 1.807) is 13.3 Å². The maximum Gasteiger partial charge on any atom is 0.0834 e. The van der Waals surface area contributed by atoms with Crippen LogP contribution in [0.3, 0.4) is 0 Å². The highest BCUT2D eigenvalue weighted by atomic mass is 35.5. The Morgan fingerprint density at radius 3 is 2.62 bits per heavy atom. The van der Waals surface area contributed by atoms with E-state index >= 15 is 0 Å². The summed E-state index contributed by atoms with van der Waals surface area (Å²) in [6.45, 7) is 6.10. The van der Waals surface area contributed by atoms with Gasteiger partial charge in [-0.3, -0.25) is 4.68 Å².